The van der Waals surface area contributed by atoms with Crippen molar-refractivity contribution < 1.29 is 4.79 Å². The largest absolute Gasteiger partial charge is 0.352 e. The van der Waals surface area contributed by atoms with Crippen molar-refractivity contribution in [3.05, 3.63) is 58.9 Å². The molecule has 1 amide bonds. The van der Waals surface area contributed by atoms with Gasteiger partial charge in [0.1, 0.15) is 0 Å². The van der Waals surface area contributed by atoms with Crippen LogP contribution in [0.1, 0.15) is 59.5 Å². The number of aromatic nitrogens is 1. The Bertz CT molecular complexity index is 729. The number of carbonyl (C=O) groups is 1. The van der Waals surface area contributed by atoms with Crippen LogP contribution < -0.4 is 10.6 Å². The summed E-state index contributed by atoms with van der Waals surface area (Å²) in [5, 5.41) is 6.56. The molecule has 1 aromatic carbocycles. The average molecular weight is 354 g/mol. The number of piperidine rings is 1. The zero-order valence-corrected chi connectivity index (χ0v) is 16.2. The van der Waals surface area contributed by atoms with Crippen molar-refractivity contribution in [1.82, 2.24) is 15.2 Å². The SMILES string of the molecule is Cc1cc(C(=O)NCCC2CCCNC2)c(C)n1C(C)c1ccccc1. The van der Waals surface area contributed by atoms with Crippen molar-refractivity contribution in [1.29, 1.82) is 0 Å². The molecule has 26 heavy (non-hydrogen) atoms. The van der Waals surface area contributed by atoms with Crippen molar-refractivity contribution in [2.45, 2.75) is 46.1 Å². The van der Waals surface area contributed by atoms with Crippen LogP contribution in [0.4, 0.5) is 0 Å². The van der Waals surface area contributed by atoms with Gasteiger partial charge in [0.05, 0.1) is 11.6 Å². The monoisotopic (exact) mass is 353 g/mol. The molecule has 1 aliphatic rings. The molecule has 1 aromatic heterocycles. The van der Waals surface area contributed by atoms with Gasteiger partial charge in [0, 0.05) is 17.9 Å². The standard InChI is InChI=1S/C22H31N3O/c1-16-14-21(22(26)24-13-11-19-8-7-12-23-15-19)18(3)25(16)17(2)20-9-5-4-6-10-20/h4-6,9-10,14,17,19,23H,7-8,11-13,15H2,1-3H3,(H,24,26). The fraction of sp³-hybridized carbons (Fsp3) is 0.500. The third kappa shape index (κ3) is 4.18. The lowest BCUT2D eigenvalue weighted by Gasteiger charge is -2.22. The molecule has 4 nitrogen and oxygen atoms in total. The third-order valence-electron chi connectivity index (χ3n) is 5.64. The molecule has 2 aromatic rings. The molecule has 2 N–H and O–H groups in total. The third-order valence-corrected chi connectivity index (χ3v) is 5.64. The summed E-state index contributed by atoms with van der Waals surface area (Å²) in [5.74, 6) is 0.739. The van der Waals surface area contributed by atoms with Crippen LogP contribution in [-0.2, 0) is 0 Å². The predicted molar refractivity (Wildman–Crippen MR) is 107 cm³/mol. The smallest absolute Gasteiger partial charge is 0.253 e. The highest BCUT2D eigenvalue weighted by atomic mass is 16.1. The van der Waals surface area contributed by atoms with E-state index in [-0.39, 0.29) is 11.9 Å². The lowest BCUT2D eigenvalue weighted by molar-refractivity contribution is 0.0950. The second kappa shape index (κ2) is 8.54. The predicted octanol–water partition coefficient (Wildman–Crippen LogP) is 3.83. The maximum absolute atomic E-state index is 12.7. The Morgan fingerprint density at radius 3 is 2.77 bits per heavy atom. The molecule has 1 saturated heterocycles. The Morgan fingerprint density at radius 2 is 2.08 bits per heavy atom. The molecule has 2 atom stereocenters. The van der Waals surface area contributed by atoms with Gasteiger partial charge in [0.15, 0.2) is 0 Å². The van der Waals surface area contributed by atoms with Gasteiger partial charge >= 0.3 is 0 Å². The first-order valence-electron chi connectivity index (χ1n) is 9.80. The van der Waals surface area contributed by atoms with Gasteiger partial charge < -0.3 is 15.2 Å². The van der Waals surface area contributed by atoms with Crippen LogP contribution in [0, 0.1) is 19.8 Å². The molecule has 4 heteroatoms. The highest BCUT2D eigenvalue weighted by molar-refractivity contribution is 5.95. The fourth-order valence-electron chi connectivity index (χ4n) is 4.14. The Kier molecular flexibility index (Phi) is 6.15. The van der Waals surface area contributed by atoms with E-state index in [4.69, 9.17) is 0 Å². The number of rotatable bonds is 6. The van der Waals surface area contributed by atoms with Crippen molar-refractivity contribution in [3.63, 3.8) is 0 Å². The fourth-order valence-corrected chi connectivity index (χ4v) is 4.14. The van der Waals surface area contributed by atoms with E-state index < -0.39 is 0 Å². The van der Waals surface area contributed by atoms with E-state index in [1.165, 1.54) is 18.4 Å². The molecule has 2 heterocycles. The molecular weight excluding hydrogens is 322 g/mol. The summed E-state index contributed by atoms with van der Waals surface area (Å²) in [6, 6.07) is 12.7. The zero-order valence-electron chi connectivity index (χ0n) is 16.2. The van der Waals surface area contributed by atoms with E-state index in [9.17, 15) is 4.79 Å². The highest BCUT2D eigenvalue weighted by Gasteiger charge is 2.20. The van der Waals surface area contributed by atoms with Crippen LogP contribution in [-0.4, -0.2) is 30.1 Å². The number of aryl methyl sites for hydroxylation is 1. The van der Waals surface area contributed by atoms with Gasteiger partial charge in [-0.2, -0.15) is 0 Å². The Labute approximate surface area is 157 Å². The van der Waals surface area contributed by atoms with Crippen LogP contribution in [0.3, 0.4) is 0 Å². The molecule has 1 aliphatic heterocycles. The van der Waals surface area contributed by atoms with Gasteiger partial charge in [-0.1, -0.05) is 30.3 Å². The number of hydrogen-bond acceptors (Lipinski definition) is 2. The minimum atomic E-state index is 0.0494. The maximum atomic E-state index is 12.7. The van der Waals surface area contributed by atoms with E-state index in [0.29, 0.717) is 5.92 Å². The summed E-state index contributed by atoms with van der Waals surface area (Å²) < 4.78 is 2.26. The minimum Gasteiger partial charge on any atom is -0.352 e. The van der Waals surface area contributed by atoms with Gasteiger partial charge in [-0.25, -0.2) is 0 Å². The molecule has 0 radical (unpaired) electrons. The average Bonchev–Trinajstić information content (AvgIpc) is 2.97. The second-order valence-corrected chi connectivity index (χ2v) is 7.50. The van der Waals surface area contributed by atoms with Crippen LogP contribution in [0.15, 0.2) is 36.4 Å². The van der Waals surface area contributed by atoms with Crippen LogP contribution in [0.2, 0.25) is 0 Å². The van der Waals surface area contributed by atoms with Gasteiger partial charge in [-0.15, -0.1) is 0 Å². The molecule has 0 aliphatic carbocycles. The van der Waals surface area contributed by atoms with Crippen LogP contribution in [0.5, 0.6) is 0 Å². The first-order chi connectivity index (χ1) is 12.6. The molecule has 2 unspecified atom stereocenters. The van der Waals surface area contributed by atoms with E-state index in [0.717, 1.165) is 43.0 Å². The summed E-state index contributed by atoms with van der Waals surface area (Å²) in [7, 11) is 0. The first-order valence-corrected chi connectivity index (χ1v) is 9.80. The lowest BCUT2D eigenvalue weighted by atomic mass is 9.96. The van der Waals surface area contributed by atoms with E-state index in [1.807, 2.05) is 19.1 Å². The quantitative estimate of drug-likeness (QED) is 0.829. The summed E-state index contributed by atoms with van der Waals surface area (Å²) in [6.45, 7) is 9.28. The van der Waals surface area contributed by atoms with Crippen molar-refractivity contribution >= 4 is 5.91 Å². The zero-order chi connectivity index (χ0) is 18.5. The number of hydrogen-bond donors (Lipinski definition) is 2. The maximum Gasteiger partial charge on any atom is 0.253 e. The molecule has 0 bridgehead atoms. The summed E-state index contributed by atoms with van der Waals surface area (Å²) in [5.41, 5.74) is 4.22. The summed E-state index contributed by atoms with van der Waals surface area (Å²) in [6.07, 6.45) is 3.57. The topological polar surface area (TPSA) is 46.1 Å². The second-order valence-electron chi connectivity index (χ2n) is 7.50. The van der Waals surface area contributed by atoms with Gasteiger partial charge in [0.25, 0.3) is 5.91 Å². The Morgan fingerprint density at radius 1 is 1.31 bits per heavy atom. The summed E-state index contributed by atoms with van der Waals surface area (Å²) in [4.78, 5) is 12.7. The number of nitrogens with zero attached hydrogens (tertiary/aromatic N) is 1. The lowest BCUT2D eigenvalue weighted by Crippen LogP contribution is -2.33. The Hall–Kier alpha value is -2.07. The highest BCUT2D eigenvalue weighted by Crippen LogP contribution is 2.25. The van der Waals surface area contributed by atoms with Crippen molar-refractivity contribution in [2.75, 3.05) is 19.6 Å². The van der Waals surface area contributed by atoms with Crippen molar-refractivity contribution in [3.8, 4) is 0 Å². The Balaban J connectivity index is 1.65. The first kappa shape index (κ1) is 18.7. The van der Waals surface area contributed by atoms with Crippen LogP contribution in [0.25, 0.3) is 0 Å². The number of carbonyl (C=O) groups excluding carboxylic acids is 1. The van der Waals surface area contributed by atoms with Gasteiger partial charge in [0.2, 0.25) is 0 Å². The van der Waals surface area contributed by atoms with Gasteiger partial charge in [-0.3, -0.25) is 4.79 Å². The minimum absolute atomic E-state index is 0.0494. The number of benzene rings is 1. The van der Waals surface area contributed by atoms with E-state index >= 15 is 0 Å². The molecule has 1 fully saturated rings. The van der Waals surface area contributed by atoms with Gasteiger partial charge in [-0.05, 0) is 70.7 Å². The number of amides is 1. The van der Waals surface area contributed by atoms with E-state index in [2.05, 4.69) is 53.3 Å². The molecule has 140 valence electrons. The molecule has 3 rings (SSSR count). The normalized spacial score (nSPS) is 18.5. The molecule has 0 saturated carbocycles. The van der Waals surface area contributed by atoms with E-state index in [1.54, 1.807) is 0 Å². The molecular formula is C22H31N3O. The summed E-state index contributed by atoms with van der Waals surface area (Å²) >= 11 is 0. The van der Waals surface area contributed by atoms with Crippen molar-refractivity contribution in [2.24, 2.45) is 5.92 Å². The number of nitrogens with one attached hydrogen (secondary N) is 2. The molecule has 0 spiro atoms. The van der Waals surface area contributed by atoms with Crippen LogP contribution >= 0.6 is 0 Å².